The van der Waals surface area contributed by atoms with Crippen LogP contribution in [0.3, 0.4) is 0 Å². The summed E-state index contributed by atoms with van der Waals surface area (Å²) < 4.78 is 10.8. The van der Waals surface area contributed by atoms with E-state index in [-0.39, 0.29) is 6.61 Å². The standard InChI is InChI=1S/C15H15N3O2/c1-2-5-14-17-15(20-18-14)10-19-12-8-11-6-3-4-7-13(11)16-9-12/h3-4,6-9H,2,5,10H2,1H3. The fourth-order valence-corrected chi connectivity index (χ4v) is 1.95. The summed E-state index contributed by atoms with van der Waals surface area (Å²) in [7, 11) is 0. The Labute approximate surface area is 116 Å². The maximum Gasteiger partial charge on any atom is 0.264 e. The van der Waals surface area contributed by atoms with E-state index in [1.807, 2.05) is 30.3 Å². The van der Waals surface area contributed by atoms with Gasteiger partial charge in [0, 0.05) is 11.8 Å². The van der Waals surface area contributed by atoms with Crippen LogP contribution in [0.25, 0.3) is 10.9 Å². The highest BCUT2D eigenvalue weighted by atomic mass is 16.5. The lowest BCUT2D eigenvalue weighted by atomic mass is 10.2. The summed E-state index contributed by atoms with van der Waals surface area (Å²) in [6, 6.07) is 9.85. The van der Waals surface area contributed by atoms with Gasteiger partial charge >= 0.3 is 0 Å². The molecular weight excluding hydrogens is 254 g/mol. The lowest BCUT2D eigenvalue weighted by Gasteiger charge is -2.03. The van der Waals surface area contributed by atoms with E-state index in [0.29, 0.717) is 11.6 Å². The van der Waals surface area contributed by atoms with E-state index in [9.17, 15) is 0 Å². The third-order valence-electron chi connectivity index (χ3n) is 2.91. The van der Waals surface area contributed by atoms with E-state index in [2.05, 4.69) is 22.0 Å². The Morgan fingerprint density at radius 3 is 3.05 bits per heavy atom. The number of aromatic nitrogens is 3. The summed E-state index contributed by atoms with van der Waals surface area (Å²) in [5.41, 5.74) is 0.947. The number of rotatable bonds is 5. The van der Waals surface area contributed by atoms with Gasteiger partial charge < -0.3 is 9.26 Å². The molecule has 0 saturated carbocycles. The monoisotopic (exact) mass is 269 g/mol. The van der Waals surface area contributed by atoms with Gasteiger partial charge in [-0.1, -0.05) is 30.3 Å². The van der Waals surface area contributed by atoms with Crippen LogP contribution < -0.4 is 4.74 Å². The van der Waals surface area contributed by atoms with Gasteiger partial charge in [0.05, 0.1) is 11.7 Å². The molecule has 5 heteroatoms. The highest BCUT2D eigenvalue weighted by Gasteiger charge is 2.06. The van der Waals surface area contributed by atoms with Crippen LogP contribution in [0.1, 0.15) is 25.1 Å². The Bertz CT molecular complexity index is 709. The molecule has 0 atom stereocenters. The van der Waals surface area contributed by atoms with Crippen LogP contribution in [0, 0.1) is 0 Å². The van der Waals surface area contributed by atoms with Gasteiger partial charge in [-0.15, -0.1) is 0 Å². The molecule has 0 fully saturated rings. The second-order valence-electron chi connectivity index (χ2n) is 4.51. The largest absolute Gasteiger partial charge is 0.482 e. The fraction of sp³-hybridized carbons (Fsp3) is 0.267. The van der Waals surface area contributed by atoms with E-state index < -0.39 is 0 Å². The molecule has 3 rings (SSSR count). The summed E-state index contributed by atoms with van der Waals surface area (Å²) in [4.78, 5) is 8.59. The molecule has 2 aromatic heterocycles. The molecule has 0 amide bonds. The molecule has 0 spiro atoms. The summed E-state index contributed by atoms with van der Waals surface area (Å²) in [5.74, 6) is 1.91. The van der Waals surface area contributed by atoms with Gasteiger partial charge in [0.1, 0.15) is 5.75 Å². The minimum absolute atomic E-state index is 0.261. The predicted octanol–water partition coefficient (Wildman–Crippen LogP) is 3.15. The third kappa shape index (κ3) is 2.77. The Kier molecular flexibility index (Phi) is 3.58. The number of pyridine rings is 1. The summed E-state index contributed by atoms with van der Waals surface area (Å²) in [5, 5.41) is 4.93. The molecular formula is C15H15N3O2. The first-order valence-corrected chi connectivity index (χ1v) is 6.64. The minimum atomic E-state index is 0.261. The molecule has 0 N–H and O–H groups in total. The van der Waals surface area contributed by atoms with Crippen molar-refractivity contribution >= 4 is 10.9 Å². The van der Waals surface area contributed by atoms with Crippen molar-refractivity contribution in [2.45, 2.75) is 26.4 Å². The maximum atomic E-state index is 5.63. The topological polar surface area (TPSA) is 61.0 Å². The van der Waals surface area contributed by atoms with Gasteiger partial charge in [-0.3, -0.25) is 4.98 Å². The molecule has 0 unspecified atom stereocenters. The molecule has 0 aliphatic rings. The Morgan fingerprint density at radius 1 is 1.25 bits per heavy atom. The number of nitrogens with zero attached hydrogens (tertiary/aromatic N) is 3. The first-order chi connectivity index (χ1) is 9.85. The van der Waals surface area contributed by atoms with Crippen molar-refractivity contribution in [2.24, 2.45) is 0 Å². The lowest BCUT2D eigenvalue weighted by molar-refractivity contribution is 0.242. The Hall–Kier alpha value is -2.43. The van der Waals surface area contributed by atoms with Crippen molar-refractivity contribution in [3.05, 3.63) is 48.2 Å². The van der Waals surface area contributed by atoms with Crippen molar-refractivity contribution in [2.75, 3.05) is 0 Å². The Morgan fingerprint density at radius 2 is 2.15 bits per heavy atom. The molecule has 2 heterocycles. The molecule has 0 bridgehead atoms. The smallest absolute Gasteiger partial charge is 0.264 e. The van der Waals surface area contributed by atoms with E-state index in [0.717, 1.165) is 29.6 Å². The van der Waals surface area contributed by atoms with Crippen LogP contribution in [-0.2, 0) is 13.0 Å². The minimum Gasteiger partial charge on any atom is -0.482 e. The molecule has 1 aromatic carbocycles. The summed E-state index contributed by atoms with van der Waals surface area (Å²) in [6.45, 7) is 2.34. The van der Waals surface area contributed by atoms with Crippen LogP contribution in [0.15, 0.2) is 41.1 Å². The highest BCUT2D eigenvalue weighted by molar-refractivity contribution is 5.79. The molecule has 0 aliphatic heterocycles. The predicted molar refractivity (Wildman–Crippen MR) is 74.4 cm³/mol. The number of benzene rings is 1. The van der Waals surface area contributed by atoms with Gasteiger partial charge in [0.2, 0.25) is 0 Å². The van der Waals surface area contributed by atoms with E-state index in [1.165, 1.54) is 0 Å². The first kappa shape index (κ1) is 12.6. The van der Waals surface area contributed by atoms with E-state index >= 15 is 0 Å². The quantitative estimate of drug-likeness (QED) is 0.712. The second-order valence-corrected chi connectivity index (χ2v) is 4.51. The molecule has 0 radical (unpaired) electrons. The van der Waals surface area contributed by atoms with Crippen LogP contribution in [0.5, 0.6) is 5.75 Å². The zero-order valence-corrected chi connectivity index (χ0v) is 11.2. The first-order valence-electron chi connectivity index (χ1n) is 6.64. The number of para-hydroxylation sites is 1. The molecule has 0 saturated heterocycles. The zero-order valence-electron chi connectivity index (χ0n) is 11.2. The van der Waals surface area contributed by atoms with Gasteiger partial charge in [0.15, 0.2) is 12.4 Å². The third-order valence-corrected chi connectivity index (χ3v) is 2.91. The van der Waals surface area contributed by atoms with E-state index in [4.69, 9.17) is 9.26 Å². The fourth-order valence-electron chi connectivity index (χ4n) is 1.95. The SMILES string of the molecule is CCCc1noc(COc2cnc3ccccc3c2)n1. The molecule has 3 aromatic rings. The van der Waals surface area contributed by atoms with Crippen molar-refractivity contribution in [3.8, 4) is 5.75 Å². The van der Waals surface area contributed by atoms with Crippen molar-refractivity contribution in [1.82, 2.24) is 15.1 Å². The molecule has 20 heavy (non-hydrogen) atoms. The second kappa shape index (κ2) is 5.69. The average molecular weight is 269 g/mol. The Balaban J connectivity index is 1.69. The number of aryl methyl sites for hydroxylation is 1. The number of hydrogen-bond donors (Lipinski definition) is 0. The van der Waals surface area contributed by atoms with Crippen LogP contribution in [0.2, 0.25) is 0 Å². The van der Waals surface area contributed by atoms with Crippen LogP contribution in [0.4, 0.5) is 0 Å². The van der Waals surface area contributed by atoms with Gasteiger partial charge in [-0.05, 0) is 18.6 Å². The van der Waals surface area contributed by atoms with Crippen molar-refractivity contribution in [3.63, 3.8) is 0 Å². The summed E-state index contributed by atoms with van der Waals surface area (Å²) >= 11 is 0. The van der Waals surface area contributed by atoms with Crippen molar-refractivity contribution in [1.29, 1.82) is 0 Å². The van der Waals surface area contributed by atoms with Gasteiger partial charge in [-0.2, -0.15) is 4.98 Å². The van der Waals surface area contributed by atoms with Crippen LogP contribution in [-0.4, -0.2) is 15.1 Å². The highest BCUT2D eigenvalue weighted by Crippen LogP contribution is 2.18. The normalized spacial score (nSPS) is 10.8. The number of ether oxygens (including phenoxy) is 1. The number of fused-ring (bicyclic) bond motifs is 1. The van der Waals surface area contributed by atoms with Crippen molar-refractivity contribution < 1.29 is 9.26 Å². The number of hydrogen-bond acceptors (Lipinski definition) is 5. The summed E-state index contributed by atoms with van der Waals surface area (Å²) in [6.07, 6.45) is 3.51. The maximum absolute atomic E-state index is 5.63. The van der Waals surface area contributed by atoms with E-state index in [1.54, 1.807) is 6.20 Å². The molecule has 5 nitrogen and oxygen atoms in total. The van der Waals surface area contributed by atoms with Crippen LogP contribution >= 0.6 is 0 Å². The van der Waals surface area contributed by atoms with Gasteiger partial charge in [-0.25, -0.2) is 0 Å². The van der Waals surface area contributed by atoms with Gasteiger partial charge in [0.25, 0.3) is 5.89 Å². The molecule has 0 aliphatic carbocycles. The lowest BCUT2D eigenvalue weighted by Crippen LogP contribution is -1.97. The zero-order chi connectivity index (χ0) is 13.8. The average Bonchev–Trinajstić information content (AvgIpc) is 2.93. The molecule has 102 valence electrons.